The topological polar surface area (TPSA) is 131 Å². The summed E-state index contributed by atoms with van der Waals surface area (Å²) in [7, 11) is -4.28. The van der Waals surface area contributed by atoms with Crippen LogP contribution in [0, 0.1) is 5.82 Å². The van der Waals surface area contributed by atoms with Gasteiger partial charge in [0.2, 0.25) is 5.13 Å². The highest BCUT2D eigenvalue weighted by atomic mass is 35.5. The van der Waals surface area contributed by atoms with E-state index in [4.69, 9.17) is 33.0 Å². The Hall–Kier alpha value is -2.51. The van der Waals surface area contributed by atoms with E-state index in [0.29, 0.717) is 36.7 Å². The molecule has 0 spiro atoms. The molecular weight excluding hydrogens is 530 g/mol. The summed E-state index contributed by atoms with van der Waals surface area (Å²) in [6.07, 6.45) is 2.39. The molecule has 2 aromatic carbocycles. The first-order valence-corrected chi connectivity index (χ1v) is 12.8. The molecule has 182 valence electrons. The Morgan fingerprint density at radius 3 is 2.68 bits per heavy atom. The van der Waals surface area contributed by atoms with Crippen LogP contribution in [-0.4, -0.2) is 41.9 Å². The Labute approximate surface area is 209 Å². The molecule has 0 saturated heterocycles. The molecule has 0 bridgehead atoms. The number of sulfonamides is 1. The monoisotopic (exact) mass is 548 g/mol. The Morgan fingerprint density at radius 2 is 1.97 bits per heavy atom. The number of benzene rings is 2. The lowest BCUT2D eigenvalue weighted by Crippen LogP contribution is -2.19. The summed E-state index contributed by atoms with van der Waals surface area (Å²) in [6.45, 7) is 0.926. The summed E-state index contributed by atoms with van der Waals surface area (Å²) in [4.78, 5) is 13.6. The Bertz CT molecular complexity index is 1260. The first-order valence-electron chi connectivity index (χ1n) is 9.83. The van der Waals surface area contributed by atoms with Gasteiger partial charge in [-0.2, -0.15) is 4.37 Å². The number of carboxylic acid groups (broad SMARTS) is 1. The normalized spacial score (nSPS) is 11.4. The summed E-state index contributed by atoms with van der Waals surface area (Å²) in [5.74, 6) is -1.64. The van der Waals surface area contributed by atoms with Crippen LogP contribution in [0.4, 0.5) is 9.52 Å². The molecule has 0 atom stereocenters. The molecule has 0 aliphatic heterocycles. The molecule has 3 N–H and O–H groups in total. The number of rotatable bonds is 12. The number of aliphatic carboxylic acids is 1. The third kappa shape index (κ3) is 7.24. The van der Waals surface area contributed by atoms with E-state index in [-0.39, 0.29) is 22.3 Å². The summed E-state index contributed by atoms with van der Waals surface area (Å²) in [5, 5.41) is 12.0. The molecule has 0 saturated carbocycles. The number of hydrogen-bond donors (Lipinski definition) is 3. The van der Waals surface area contributed by atoms with E-state index in [1.54, 1.807) is 18.2 Å². The molecule has 9 nitrogen and oxygen atoms in total. The summed E-state index contributed by atoms with van der Waals surface area (Å²) in [5.41, 5.74) is 0.721. The van der Waals surface area contributed by atoms with E-state index < -0.39 is 26.7 Å². The lowest BCUT2D eigenvalue weighted by atomic mass is 10.1. The quantitative estimate of drug-likeness (QED) is 0.280. The Kier molecular flexibility index (Phi) is 9.03. The first kappa shape index (κ1) is 26.1. The number of halogens is 3. The van der Waals surface area contributed by atoms with E-state index in [1.807, 2.05) is 0 Å². The van der Waals surface area contributed by atoms with Crippen molar-refractivity contribution in [2.24, 2.45) is 0 Å². The number of anilines is 1. The third-order valence-corrected chi connectivity index (χ3v) is 7.01. The molecule has 0 fully saturated rings. The first-order chi connectivity index (χ1) is 16.2. The van der Waals surface area contributed by atoms with Crippen molar-refractivity contribution >= 4 is 55.9 Å². The number of carbonyl (C=O) groups is 1. The fourth-order valence-corrected chi connectivity index (χ4v) is 5.08. The van der Waals surface area contributed by atoms with Gasteiger partial charge in [0.05, 0.1) is 11.4 Å². The van der Waals surface area contributed by atoms with Crippen molar-refractivity contribution in [2.75, 3.05) is 17.8 Å². The van der Waals surface area contributed by atoms with Crippen molar-refractivity contribution in [3.05, 3.63) is 58.1 Å². The maximum absolute atomic E-state index is 14.7. The third-order valence-electron chi connectivity index (χ3n) is 4.42. The summed E-state index contributed by atoms with van der Waals surface area (Å²) in [6, 6.07) is 6.75. The van der Waals surface area contributed by atoms with Crippen LogP contribution in [0.3, 0.4) is 0 Å². The van der Waals surface area contributed by atoms with E-state index in [0.717, 1.165) is 29.2 Å². The minimum atomic E-state index is -4.28. The standard InChI is InChI=1S/C20H19Cl2FN4O5S2/c21-13-3-4-16(12(8-13)2-1-6-24-7-5-19(28)29)32-17-10-15(23)18(9-14(17)22)34(30,31)27-20-25-11-26-33-20/h3-4,8-11,24H,1-2,5-7H2,(H,28,29)(H,25,26,27). The number of nitrogens with one attached hydrogen (secondary N) is 2. The molecule has 1 aromatic heterocycles. The van der Waals surface area contributed by atoms with Crippen molar-refractivity contribution in [1.82, 2.24) is 14.7 Å². The van der Waals surface area contributed by atoms with Gasteiger partial charge in [0.25, 0.3) is 10.0 Å². The van der Waals surface area contributed by atoms with Crippen LogP contribution >= 0.6 is 34.7 Å². The zero-order valence-corrected chi connectivity index (χ0v) is 20.6. The number of nitrogens with zero attached hydrogens (tertiary/aromatic N) is 2. The molecule has 34 heavy (non-hydrogen) atoms. The van der Waals surface area contributed by atoms with Crippen LogP contribution in [0.1, 0.15) is 18.4 Å². The van der Waals surface area contributed by atoms with Crippen LogP contribution in [-0.2, 0) is 21.2 Å². The number of carboxylic acids is 1. The second kappa shape index (κ2) is 11.8. The molecule has 0 aliphatic rings. The molecule has 3 rings (SSSR count). The lowest BCUT2D eigenvalue weighted by Gasteiger charge is -2.14. The highest BCUT2D eigenvalue weighted by Crippen LogP contribution is 2.36. The highest BCUT2D eigenvalue weighted by Gasteiger charge is 2.23. The molecule has 0 amide bonds. The molecule has 0 unspecified atom stereocenters. The fraction of sp³-hybridized carbons (Fsp3) is 0.250. The van der Waals surface area contributed by atoms with Gasteiger partial charge in [-0.1, -0.05) is 23.2 Å². The number of aryl methyl sites for hydroxylation is 1. The highest BCUT2D eigenvalue weighted by molar-refractivity contribution is 7.93. The zero-order valence-electron chi connectivity index (χ0n) is 17.4. The lowest BCUT2D eigenvalue weighted by molar-refractivity contribution is -0.136. The molecule has 0 aliphatic carbocycles. The van der Waals surface area contributed by atoms with Crippen LogP contribution < -0.4 is 14.8 Å². The second-order valence-corrected chi connectivity index (χ2v) is 10.2. The zero-order chi connectivity index (χ0) is 24.7. The van der Waals surface area contributed by atoms with Crippen LogP contribution in [0.2, 0.25) is 10.0 Å². The molecule has 1 heterocycles. The average Bonchev–Trinajstić information content (AvgIpc) is 3.26. The average molecular weight is 549 g/mol. The fourth-order valence-electron chi connectivity index (χ4n) is 2.87. The van der Waals surface area contributed by atoms with Gasteiger partial charge >= 0.3 is 5.97 Å². The van der Waals surface area contributed by atoms with Gasteiger partial charge in [0.15, 0.2) is 0 Å². The predicted molar refractivity (Wildman–Crippen MR) is 127 cm³/mol. The van der Waals surface area contributed by atoms with E-state index in [1.165, 1.54) is 6.33 Å². The molecule has 0 radical (unpaired) electrons. The van der Waals surface area contributed by atoms with Gasteiger partial charge < -0.3 is 15.2 Å². The minimum Gasteiger partial charge on any atom is -0.481 e. The van der Waals surface area contributed by atoms with Gasteiger partial charge in [-0.15, -0.1) is 0 Å². The van der Waals surface area contributed by atoms with Crippen LogP contribution in [0.25, 0.3) is 0 Å². The van der Waals surface area contributed by atoms with Gasteiger partial charge in [0.1, 0.15) is 28.5 Å². The molecule has 3 aromatic rings. The Balaban J connectivity index is 1.74. The van der Waals surface area contributed by atoms with Gasteiger partial charge in [-0.25, -0.2) is 17.8 Å². The van der Waals surface area contributed by atoms with Crippen molar-refractivity contribution < 1.29 is 27.4 Å². The van der Waals surface area contributed by atoms with Crippen LogP contribution in [0.15, 0.2) is 41.6 Å². The predicted octanol–water partition coefficient (Wildman–Crippen LogP) is 4.57. The maximum Gasteiger partial charge on any atom is 0.304 e. The van der Waals surface area contributed by atoms with Gasteiger partial charge in [0, 0.05) is 29.2 Å². The second-order valence-electron chi connectivity index (χ2n) is 6.92. The van der Waals surface area contributed by atoms with Crippen molar-refractivity contribution in [3.63, 3.8) is 0 Å². The van der Waals surface area contributed by atoms with Crippen molar-refractivity contribution in [1.29, 1.82) is 0 Å². The molecular formula is C20H19Cl2FN4O5S2. The van der Waals surface area contributed by atoms with Gasteiger partial charge in [-0.3, -0.25) is 9.52 Å². The number of aromatic nitrogens is 2. The van der Waals surface area contributed by atoms with Crippen LogP contribution in [0.5, 0.6) is 11.5 Å². The number of ether oxygens (including phenoxy) is 1. The minimum absolute atomic E-state index is 0.0147. The smallest absolute Gasteiger partial charge is 0.304 e. The number of hydrogen-bond acceptors (Lipinski definition) is 8. The van der Waals surface area contributed by atoms with E-state index in [2.05, 4.69) is 19.4 Å². The van der Waals surface area contributed by atoms with E-state index in [9.17, 15) is 17.6 Å². The SMILES string of the molecule is O=C(O)CCNCCCc1cc(Cl)ccc1Oc1cc(F)c(S(=O)(=O)Nc2ncns2)cc1Cl. The van der Waals surface area contributed by atoms with E-state index >= 15 is 0 Å². The maximum atomic E-state index is 14.7. The molecule has 14 heteroatoms. The Morgan fingerprint density at radius 1 is 1.18 bits per heavy atom. The van der Waals surface area contributed by atoms with Crippen molar-refractivity contribution in [3.8, 4) is 11.5 Å². The summed E-state index contributed by atoms with van der Waals surface area (Å²) < 4.78 is 51.4. The van der Waals surface area contributed by atoms with Gasteiger partial charge in [-0.05, 0) is 49.2 Å². The van der Waals surface area contributed by atoms with Crippen molar-refractivity contribution in [2.45, 2.75) is 24.2 Å². The largest absolute Gasteiger partial charge is 0.481 e. The summed E-state index contributed by atoms with van der Waals surface area (Å²) >= 11 is 13.1.